The normalized spacial score (nSPS) is 15.3. The van der Waals surface area contributed by atoms with Gasteiger partial charge >= 0.3 is 0 Å². The number of aromatic amines is 1. The fourth-order valence-electron chi connectivity index (χ4n) is 3.95. The molecule has 35 heavy (non-hydrogen) atoms. The molecule has 3 N–H and O–H groups in total. The van der Waals surface area contributed by atoms with Crippen LogP contribution >= 0.6 is 0 Å². The smallest absolute Gasteiger partial charge is 0.164 e. The number of aryl methyl sites for hydroxylation is 1. The van der Waals surface area contributed by atoms with E-state index in [0.717, 1.165) is 43.9 Å². The summed E-state index contributed by atoms with van der Waals surface area (Å²) in [6.07, 6.45) is -1.13. The average Bonchev–Trinajstić information content (AvgIpc) is 3.29. The highest BCUT2D eigenvalue weighted by Crippen LogP contribution is 2.30. The Hall–Kier alpha value is -3.60. The monoisotopic (exact) mass is 478 g/mol. The van der Waals surface area contributed by atoms with Crippen molar-refractivity contribution in [1.82, 2.24) is 25.1 Å². The molecule has 0 unspecified atom stereocenters. The number of ether oxygens (including phenoxy) is 2. The van der Waals surface area contributed by atoms with Gasteiger partial charge < -0.3 is 19.9 Å². The van der Waals surface area contributed by atoms with Gasteiger partial charge in [0, 0.05) is 42.8 Å². The summed E-state index contributed by atoms with van der Waals surface area (Å²) in [6.45, 7) is 6.56. The van der Waals surface area contributed by atoms with Crippen LogP contribution in [-0.4, -0.2) is 69.6 Å². The Morgan fingerprint density at radius 2 is 1.94 bits per heavy atom. The van der Waals surface area contributed by atoms with Crippen LogP contribution in [0.5, 0.6) is 5.75 Å². The van der Waals surface area contributed by atoms with Crippen molar-refractivity contribution >= 4 is 22.5 Å². The fraction of sp³-hybridized carbons (Fsp3) is 0.320. The van der Waals surface area contributed by atoms with E-state index in [-0.39, 0.29) is 11.6 Å². The minimum Gasteiger partial charge on any atom is -0.492 e. The van der Waals surface area contributed by atoms with Crippen LogP contribution in [0.4, 0.5) is 16.0 Å². The number of anilines is 2. The van der Waals surface area contributed by atoms with Crippen molar-refractivity contribution in [3.63, 3.8) is 0 Å². The first-order valence-electron chi connectivity index (χ1n) is 11.5. The summed E-state index contributed by atoms with van der Waals surface area (Å²) in [4.78, 5) is 11.5. The third-order valence-corrected chi connectivity index (χ3v) is 5.85. The lowest BCUT2D eigenvalue weighted by Gasteiger charge is -2.26. The molecule has 1 aliphatic heterocycles. The molecule has 1 fully saturated rings. The van der Waals surface area contributed by atoms with Crippen LogP contribution in [0.2, 0.25) is 0 Å². The second kappa shape index (κ2) is 10.3. The Balaban J connectivity index is 1.43. The number of H-pyrrole nitrogens is 1. The summed E-state index contributed by atoms with van der Waals surface area (Å²) in [6, 6.07) is 13.1. The number of nitrogens with one attached hydrogen (secondary N) is 2. The zero-order valence-electron chi connectivity index (χ0n) is 19.4. The Morgan fingerprint density at radius 3 is 2.69 bits per heavy atom. The molecular weight excluding hydrogens is 451 g/mol. The van der Waals surface area contributed by atoms with Crippen molar-refractivity contribution in [2.24, 2.45) is 0 Å². The quantitative estimate of drug-likeness (QED) is 0.354. The molecule has 0 radical (unpaired) electrons. The lowest BCUT2D eigenvalue weighted by molar-refractivity contribution is 0.0322. The summed E-state index contributed by atoms with van der Waals surface area (Å²) >= 11 is 0. The zero-order valence-corrected chi connectivity index (χ0v) is 19.4. The van der Waals surface area contributed by atoms with Crippen LogP contribution in [0.15, 0.2) is 48.5 Å². The largest absolute Gasteiger partial charge is 0.492 e. The first-order chi connectivity index (χ1) is 17.0. The van der Waals surface area contributed by atoms with E-state index in [1.54, 1.807) is 0 Å². The van der Waals surface area contributed by atoms with Crippen LogP contribution in [0.25, 0.3) is 10.9 Å². The summed E-state index contributed by atoms with van der Waals surface area (Å²) in [5.74, 6) is 1.57. The Kier molecular flexibility index (Phi) is 6.84. The lowest BCUT2D eigenvalue weighted by atomic mass is 10.1. The molecule has 5 rings (SSSR count). The molecule has 0 saturated carbocycles. The summed E-state index contributed by atoms with van der Waals surface area (Å²) in [5, 5.41) is 22.0. The highest BCUT2D eigenvalue weighted by atomic mass is 19.1. The number of aliphatic hydroxyl groups excluding tert-OH is 1. The molecule has 9 nitrogen and oxygen atoms in total. The number of fused-ring (bicyclic) bond motifs is 1. The van der Waals surface area contributed by atoms with E-state index < -0.39 is 6.10 Å². The molecule has 0 spiro atoms. The van der Waals surface area contributed by atoms with Crippen molar-refractivity contribution < 1.29 is 19.0 Å². The van der Waals surface area contributed by atoms with Crippen LogP contribution in [0, 0.1) is 12.7 Å². The van der Waals surface area contributed by atoms with Gasteiger partial charge in [0.2, 0.25) is 0 Å². The van der Waals surface area contributed by atoms with E-state index in [1.165, 1.54) is 24.3 Å². The third-order valence-electron chi connectivity index (χ3n) is 5.85. The molecule has 0 aliphatic carbocycles. The van der Waals surface area contributed by atoms with Crippen LogP contribution < -0.4 is 10.1 Å². The first-order valence-corrected chi connectivity index (χ1v) is 11.5. The van der Waals surface area contributed by atoms with Gasteiger partial charge in [-0.25, -0.2) is 14.4 Å². The number of rotatable bonds is 8. The van der Waals surface area contributed by atoms with Gasteiger partial charge in [-0.05, 0) is 36.8 Å². The van der Waals surface area contributed by atoms with E-state index in [2.05, 4.69) is 30.4 Å². The predicted octanol–water partition coefficient (Wildman–Crippen LogP) is 3.34. The summed E-state index contributed by atoms with van der Waals surface area (Å²) in [7, 11) is 0. The molecule has 0 amide bonds. The minimum atomic E-state index is -1.13. The Labute approximate surface area is 201 Å². The van der Waals surface area contributed by atoms with Crippen molar-refractivity contribution in [2.45, 2.75) is 13.0 Å². The van der Waals surface area contributed by atoms with Crippen molar-refractivity contribution in [3.05, 3.63) is 71.4 Å². The van der Waals surface area contributed by atoms with Crippen LogP contribution in [0.3, 0.4) is 0 Å². The minimum absolute atomic E-state index is 0.185. The summed E-state index contributed by atoms with van der Waals surface area (Å²) < 4.78 is 24.8. The maximum atomic E-state index is 13.4. The maximum absolute atomic E-state index is 13.4. The molecule has 10 heteroatoms. The first kappa shape index (κ1) is 23.2. The molecule has 2 aromatic carbocycles. The number of hydrogen-bond donors (Lipinski definition) is 3. The third kappa shape index (κ3) is 5.56. The lowest BCUT2D eigenvalue weighted by Crippen LogP contribution is -2.38. The van der Waals surface area contributed by atoms with Gasteiger partial charge in [0.05, 0.1) is 18.7 Å². The molecule has 1 aliphatic rings. The SMILES string of the molecule is Cc1cc(Nc2nc([C@H](O)c3ccc(F)cc3)nc3cc(OCCN4CCOCC4)ccc23)n[nH]1. The fourth-order valence-corrected chi connectivity index (χ4v) is 3.95. The molecule has 1 saturated heterocycles. The van der Waals surface area contributed by atoms with Gasteiger partial charge in [0.15, 0.2) is 11.6 Å². The van der Waals surface area contributed by atoms with E-state index in [1.807, 2.05) is 31.2 Å². The number of benzene rings is 2. The van der Waals surface area contributed by atoms with Crippen molar-refractivity contribution in [3.8, 4) is 5.75 Å². The van der Waals surface area contributed by atoms with Gasteiger partial charge in [-0.15, -0.1) is 0 Å². The zero-order chi connectivity index (χ0) is 24.2. The maximum Gasteiger partial charge on any atom is 0.164 e. The number of hydrogen-bond acceptors (Lipinski definition) is 8. The molecule has 3 heterocycles. The van der Waals surface area contributed by atoms with E-state index >= 15 is 0 Å². The van der Waals surface area contributed by atoms with E-state index in [9.17, 15) is 9.50 Å². The average molecular weight is 479 g/mol. The van der Waals surface area contributed by atoms with E-state index in [4.69, 9.17) is 9.47 Å². The number of aromatic nitrogens is 4. The van der Waals surface area contributed by atoms with Crippen LogP contribution in [-0.2, 0) is 4.74 Å². The standard InChI is InChI=1S/C25H27FN6O3/c1-16-14-22(31-30-16)28-24-20-7-6-19(35-13-10-32-8-11-34-12-9-32)15-21(20)27-25(29-24)23(33)17-2-4-18(26)5-3-17/h2-7,14-15,23,33H,8-13H2,1H3,(H2,27,28,29,30,31)/t23-/m1/s1. The molecule has 2 aromatic heterocycles. The topological polar surface area (TPSA) is 108 Å². The van der Waals surface area contributed by atoms with Gasteiger partial charge in [-0.3, -0.25) is 10.00 Å². The van der Waals surface area contributed by atoms with E-state index in [0.29, 0.717) is 35.1 Å². The van der Waals surface area contributed by atoms with Gasteiger partial charge in [-0.1, -0.05) is 12.1 Å². The number of morpholine rings is 1. The number of halogens is 1. The van der Waals surface area contributed by atoms with Gasteiger partial charge in [0.1, 0.15) is 30.1 Å². The van der Waals surface area contributed by atoms with Crippen molar-refractivity contribution in [2.75, 3.05) is 44.8 Å². The summed E-state index contributed by atoms with van der Waals surface area (Å²) in [5.41, 5.74) is 1.99. The van der Waals surface area contributed by atoms with Crippen molar-refractivity contribution in [1.29, 1.82) is 0 Å². The molecule has 182 valence electrons. The molecule has 0 bridgehead atoms. The highest BCUT2D eigenvalue weighted by molar-refractivity contribution is 5.91. The molecular formula is C25H27FN6O3. The number of aliphatic hydroxyl groups is 1. The number of nitrogens with zero attached hydrogens (tertiary/aromatic N) is 4. The van der Waals surface area contributed by atoms with Crippen LogP contribution in [0.1, 0.15) is 23.2 Å². The Morgan fingerprint density at radius 1 is 1.14 bits per heavy atom. The highest BCUT2D eigenvalue weighted by Gasteiger charge is 2.18. The second-order valence-corrected chi connectivity index (χ2v) is 8.43. The Bertz CT molecular complexity index is 1290. The second-order valence-electron chi connectivity index (χ2n) is 8.43. The van der Waals surface area contributed by atoms with Gasteiger partial charge in [0.25, 0.3) is 0 Å². The van der Waals surface area contributed by atoms with Gasteiger partial charge in [-0.2, -0.15) is 5.10 Å². The molecule has 1 atom stereocenters. The predicted molar refractivity (Wildman–Crippen MR) is 129 cm³/mol. The molecule has 4 aromatic rings.